The first kappa shape index (κ1) is 53.0. The van der Waals surface area contributed by atoms with Crippen molar-refractivity contribution < 1.29 is 52.7 Å². The number of piperazine rings is 1. The SMILES string of the molecule is COc1ncc(-c2ccnc(N3CCn4c(cc5c4CC(C)(C)C5)C3=O)c2[C@H](C)O)cc1Nc1ccc(N2CCN(C3CCN(c4ccc5c(c4)C(=O)N([C@H]4CCC(=O)N(C(C)OP(=O)(O)O)C4=O)C5=O)CC3)C[C@@H]2C)cn1. The predicted octanol–water partition coefficient (Wildman–Crippen LogP) is 5.68. The van der Waals surface area contributed by atoms with Crippen molar-refractivity contribution in [1.82, 2.24) is 34.2 Å². The second kappa shape index (κ2) is 20.3. The number of amides is 5. The molecule has 23 heteroatoms. The summed E-state index contributed by atoms with van der Waals surface area (Å²) in [6.45, 7) is 14.6. The number of phosphoric acid groups is 1. The molecule has 6 aliphatic rings. The molecule has 11 rings (SSSR count). The van der Waals surface area contributed by atoms with Crippen LogP contribution in [-0.4, -0.2) is 149 Å². The minimum Gasteiger partial charge on any atom is -0.480 e. The molecule has 1 aromatic carbocycles. The lowest BCUT2D eigenvalue weighted by Gasteiger charge is -2.46. The number of ether oxygens (including phenoxy) is 1. The van der Waals surface area contributed by atoms with E-state index in [0.717, 1.165) is 81.6 Å². The summed E-state index contributed by atoms with van der Waals surface area (Å²) in [5.41, 5.74) is 7.86. The number of imide groups is 2. The van der Waals surface area contributed by atoms with E-state index in [1.807, 2.05) is 36.5 Å². The van der Waals surface area contributed by atoms with Crippen LogP contribution in [-0.2, 0) is 38.1 Å². The number of carbonyl (C=O) groups excluding carboxylic acids is 5. The van der Waals surface area contributed by atoms with Gasteiger partial charge in [0.1, 0.15) is 35.3 Å². The molecular weight excluding hydrogens is 1020 g/mol. The van der Waals surface area contributed by atoms with Crippen molar-refractivity contribution in [2.75, 3.05) is 66.4 Å². The third kappa shape index (κ3) is 9.72. The molecule has 4 atom stereocenters. The molecule has 0 radical (unpaired) electrons. The molecule has 5 aromatic rings. The van der Waals surface area contributed by atoms with Gasteiger partial charge in [0.2, 0.25) is 11.8 Å². The normalized spacial score (nSPS) is 21.8. The number of piperidine rings is 2. The number of nitrogens with one attached hydrogen (secondary N) is 1. The molecule has 5 amide bonds. The van der Waals surface area contributed by atoms with Crippen molar-refractivity contribution in [3.05, 3.63) is 101 Å². The van der Waals surface area contributed by atoms with Crippen molar-refractivity contribution in [1.29, 1.82) is 0 Å². The number of nitrogens with zero attached hydrogens (tertiary/aromatic N) is 10. The second-order valence-corrected chi connectivity index (χ2v) is 23.2. The molecule has 9 heterocycles. The zero-order valence-electron chi connectivity index (χ0n) is 44.5. The topological polar surface area (TPSA) is 257 Å². The zero-order chi connectivity index (χ0) is 55.1. The third-order valence-electron chi connectivity index (χ3n) is 16.3. The lowest BCUT2D eigenvalue weighted by atomic mass is 9.90. The lowest BCUT2D eigenvalue weighted by Crippen LogP contribution is -2.58. The predicted molar refractivity (Wildman–Crippen MR) is 287 cm³/mol. The number of aliphatic hydroxyl groups is 1. The van der Waals surface area contributed by atoms with Crippen molar-refractivity contribution in [3.63, 3.8) is 0 Å². The highest BCUT2D eigenvalue weighted by atomic mass is 31.2. The summed E-state index contributed by atoms with van der Waals surface area (Å²) in [5, 5.41) is 14.7. The van der Waals surface area contributed by atoms with Crippen LogP contribution in [0.1, 0.15) is 114 Å². The number of aromatic nitrogens is 4. The number of aliphatic hydroxyl groups excluding tert-OH is 1. The van der Waals surface area contributed by atoms with Crippen LogP contribution in [0.5, 0.6) is 5.88 Å². The second-order valence-electron chi connectivity index (χ2n) is 22.0. The van der Waals surface area contributed by atoms with Gasteiger partial charge in [-0.2, -0.15) is 0 Å². The molecule has 1 aliphatic carbocycles. The molecule has 5 aliphatic heterocycles. The summed E-state index contributed by atoms with van der Waals surface area (Å²) < 4.78 is 23.9. The Morgan fingerprint density at radius 3 is 2.27 bits per heavy atom. The first-order valence-corrected chi connectivity index (χ1v) is 28.1. The fourth-order valence-electron chi connectivity index (χ4n) is 12.6. The minimum absolute atomic E-state index is 0.118. The minimum atomic E-state index is -5.06. The van der Waals surface area contributed by atoms with Crippen LogP contribution in [0.3, 0.4) is 0 Å². The molecule has 1 unspecified atom stereocenters. The summed E-state index contributed by atoms with van der Waals surface area (Å²) >= 11 is 0. The maximum Gasteiger partial charge on any atom is 0.471 e. The molecule has 3 fully saturated rings. The number of hydrogen-bond donors (Lipinski definition) is 4. The van der Waals surface area contributed by atoms with E-state index >= 15 is 0 Å². The van der Waals surface area contributed by atoms with Gasteiger partial charge in [-0.05, 0) is 118 Å². The largest absolute Gasteiger partial charge is 0.480 e. The van der Waals surface area contributed by atoms with E-state index in [9.17, 15) is 43.4 Å². The molecule has 4 aromatic heterocycles. The van der Waals surface area contributed by atoms with Crippen LogP contribution >= 0.6 is 7.82 Å². The molecule has 0 bridgehead atoms. The van der Waals surface area contributed by atoms with Gasteiger partial charge < -0.3 is 39.3 Å². The van der Waals surface area contributed by atoms with Crippen molar-refractivity contribution in [2.45, 2.75) is 110 Å². The quantitative estimate of drug-likeness (QED) is 0.0817. The van der Waals surface area contributed by atoms with Crippen molar-refractivity contribution >= 4 is 66.1 Å². The number of likely N-dealkylation sites (tertiary alicyclic amines) is 1. The summed E-state index contributed by atoms with van der Waals surface area (Å²) in [6, 6.07) is 14.0. The zero-order valence-corrected chi connectivity index (χ0v) is 45.4. The standard InChI is InChI=1S/C55H64N11O11P/c1-31-30-61(36-14-17-60(18-15-36)37-7-9-40-41(25-37)52(70)66(51(40)69)43-10-12-47(68)65(54(43)72)33(3)77-78(73,74)75)19-20-62(31)38-8-11-46(57-29-38)59-42-23-35(28-58-50(42)76-6)39-13-16-56-49(48(39)32(2)67)64-22-21-63-44(53(64)71)24-34-26-55(4,5)27-45(34)63/h7-9,11,13,16,23-25,28-29,31-33,36,43,67H,10,12,14-15,17-22,26-27,30H2,1-6H3,(H,57,59)(H2,73,74,75)/t31-,32-,33?,43-/m0/s1. The average Bonchev–Trinajstić information content (AvgIpc) is 4.17. The molecule has 410 valence electrons. The fraction of sp³-hybridized carbons (Fsp3) is 0.455. The highest BCUT2D eigenvalue weighted by molar-refractivity contribution is 7.46. The maximum atomic E-state index is 14.1. The smallest absolute Gasteiger partial charge is 0.471 e. The maximum absolute atomic E-state index is 14.1. The van der Waals surface area contributed by atoms with E-state index in [4.69, 9.17) is 9.72 Å². The number of carbonyl (C=O) groups is 5. The van der Waals surface area contributed by atoms with E-state index in [1.165, 1.54) is 11.3 Å². The Kier molecular flexibility index (Phi) is 13.8. The van der Waals surface area contributed by atoms with Gasteiger partial charge in [0, 0.05) is 99.2 Å². The van der Waals surface area contributed by atoms with Gasteiger partial charge in [0.25, 0.3) is 23.6 Å². The van der Waals surface area contributed by atoms with Crippen molar-refractivity contribution in [3.8, 4) is 17.0 Å². The van der Waals surface area contributed by atoms with E-state index in [0.29, 0.717) is 69.6 Å². The van der Waals surface area contributed by atoms with Crippen LogP contribution in [0.4, 0.5) is 28.7 Å². The Morgan fingerprint density at radius 1 is 0.808 bits per heavy atom. The van der Waals surface area contributed by atoms with Gasteiger partial charge in [-0.15, -0.1) is 0 Å². The van der Waals surface area contributed by atoms with Gasteiger partial charge >= 0.3 is 7.82 Å². The van der Waals surface area contributed by atoms with E-state index in [-0.39, 0.29) is 41.3 Å². The van der Waals surface area contributed by atoms with Crippen molar-refractivity contribution in [2.24, 2.45) is 5.41 Å². The van der Waals surface area contributed by atoms with Gasteiger partial charge in [0.05, 0.1) is 36.2 Å². The Balaban J connectivity index is 0.709. The number of rotatable bonds is 13. The van der Waals surface area contributed by atoms with Crippen LogP contribution in [0, 0.1) is 5.41 Å². The van der Waals surface area contributed by atoms with Gasteiger partial charge in [-0.25, -0.2) is 19.5 Å². The van der Waals surface area contributed by atoms with Crippen LogP contribution in [0.15, 0.2) is 67.1 Å². The number of benzene rings is 1. The number of phosphoric ester groups is 1. The molecule has 0 saturated carbocycles. The first-order chi connectivity index (χ1) is 37.2. The summed E-state index contributed by atoms with van der Waals surface area (Å²) in [6.07, 6.45) is 5.94. The lowest BCUT2D eigenvalue weighted by molar-refractivity contribution is -0.161. The number of fused-ring (bicyclic) bond motifs is 4. The number of hydrogen-bond acceptors (Lipinski definition) is 16. The molecule has 4 N–H and O–H groups in total. The molecular formula is C55H64N11O11P. The Hall–Kier alpha value is -7.07. The summed E-state index contributed by atoms with van der Waals surface area (Å²) in [7, 11) is -3.51. The van der Waals surface area contributed by atoms with E-state index in [2.05, 4.69) is 59.8 Å². The van der Waals surface area contributed by atoms with Gasteiger partial charge in [-0.3, -0.25) is 48.1 Å². The summed E-state index contributed by atoms with van der Waals surface area (Å²) in [5.74, 6) is -1.77. The monoisotopic (exact) mass is 1090 g/mol. The van der Waals surface area contributed by atoms with Gasteiger partial charge in [-0.1, -0.05) is 13.8 Å². The number of pyridine rings is 3. The molecule has 0 spiro atoms. The summed E-state index contributed by atoms with van der Waals surface area (Å²) in [4.78, 5) is 111. The number of anilines is 5. The Labute approximate surface area is 451 Å². The Bertz CT molecular complexity index is 3300. The fourth-order valence-corrected chi connectivity index (χ4v) is 13.1. The number of methoxy groups -OCH3 is 1. The highest BCUT2D eigenvalue weighted by Crippen LogP contribution is 2.43. The molecule has 78 heavy (non-hydrogen) atoms. The van der Waals surface area contributed by atoms with Gasteiger partial charge in [0.15, 0.2) is 0 Å². The van der Waals surface area contributed by atoms with Crippen LogP contribution < -0.4 is 24.8 Å². The first-order valence-electron chi connectivity index (χ1n) is 26.5. The van der Waals surface area contributed by atoms with Crippen LogP contribution in [0.2, 0.25) is 0 Å². The third-order valence-corrected chi connectivity index (χ3v) is 16.8. The highest BCUT2D eigenvalue weighted by Gasteiger charge is 2.49. The molecule has 22 nitrogen and oxygen atoms in total. The van der Waals surface area contributed by atoms with E-state index < -0.39 is 49.8 Å². The average molecular weight is 1090 g/mol. The van der Waals surface area contributed by atoms with E-state index in [1.54, 1.807) is 49.5 Å². The van der Waals surface area contributed by atoms with Crippen LogP contribution in [0.25, 0.3) is 11.1 Å². The Morgan fingerprint density at radius 2 is 1.56 bits per heavy atom. The molecule has 3 saturated heterocycles.